The van der Waals surface area contributed by atoms with E-state index >= 15 is 0 Å². The summed E-state index contributed by atoms with van der Waals surface area (Å²) < 4.78 is 3.74. The molecule has 7 nitrogen and oxygen atoms in total. The van der Waals surface area contributed by atoms with E-state index in [1.54, 1.807) is 12.5 Å². The molecule has 0 aliphatic carbocycles. The Morgan fingerprint density at radius 2 is 1.92 bits per heavy atom. The van der Waals surface area contributed by atoms with Crippen molar-refractivity contribution in [1.29, 1.82) is 0 Å². The number of benzene rings is 1. The average Bonchev–Trinajstić information content (AvgIpc) is 3.35. The Kier molecular flexibility index (Phi) is 4.35. The fourth-order valence-corrected chi connectivity index (χ4v) is 3.09. The van der Waals surface area contributed by atoms with E-state index in [-0.39, 0.29) is 6.04 Å². The van der Waals surface area contributed by atoms with Gasteiger partial charge in [-0.1, -0.05) is 37.3 Å². The van der Waals surface area contributed by atoms with Crippen molar-refractivity contribution in [2.45, 2.75) is 32.9 Å². The first kappa shape index (κ1) is 16.3. The molecule has 7 heteroatoms. The van der Waals surface area contributed by atoms with Crippen molar-refractivity contribution in [2.75, 3.05) is 5.32 Å². The second kappa shape index (κ2) is 6.95. The van der Waals surface area contributed by atoms with Crippen LogP contribution in [0.3, 0.4) is 0 Å². The van der Waals surface area contributed by atoms with Crippen molar-refractivity contribution in [2.24, 2.45) is 0 Å². The van der Waals surface area contributed by atoms with E-state index in [2.05, 4.69) is 46.5 Å². The predicted octanol–water partition coefficient (Wildman–Crippen LogP) is 3.57. The topological polar surface area (TPSA) is 72.9 Å². The number of nitrogens with zero attached hydrogens (tertiary/aromatic N) is 6. The van der Waals surface area contributed by atoms with E-state index in [4.69, 9.17) is 4.98 Å². The van der Waals surface area contributed by atoms with Gasteiger partial charge in [-0.3, -0.25) is 0 Å². The van der Waals surface area contributed by atoms with Gasteiger partial charge in [0.05, 0.1) is 17.9 Å². The lowest BCUT2D eigenvalue weighted by molar-refractivity contribution is 0.567. The van der Waals surface area contributed by atoms with Crippen molar-refractivity contribution in [1.82, 2.24) is 29.4 Å². The third-order valence-corrected chi connectivity index (χ3v) is 4.42. The maximum absolute atomic E-state index is 4.72. The molecule has 0 radical (unpaired) electrons. The molecule has 1 aromatic carbocycles. The summed E-state index contributed by atoms with van der Waals surface area (Å²) in [5.41, 5.74) is 2.79. The Labute approximate surface area is 151 Å². The molecule has 0 fully saturated rings. The number of nitrogens with one attached hydrogen (secondary N) is 1. The summed E-state index contributed by atoms with van der Waals surface area (Å²) in [6, 6.07) is 14.1. The Morgan fingerprint density at radius 1 is 1.08 bits per heavy atom. The SMILES string of the molecule is CC[C@H](Nc1cc(-c2ccccc2)nc2ccnn12)c1ncnn1CC. The fourth-order valence-electron chi connectivity index (χ4n) is 3.09. The molecule has 26 heavy (non-hydrogen) atoms. The lowest BCUT2D eigenvalue weighted by atomic mass is 10.1. The zero-order chi connectivity index (χ0) is 17.9. The van der Waals surface area contributed by atoms with Gasteiger partial charge in [0.1, 0.15) is 18.0 Å². The molecule has 1 N–H and O–H groups in total. The Balaban J connectivity index is 1.76. The zero-order valence-electron chi connectivity index (χ0n) is 14.9. The second-order valence-electron chi connectivity index (χ2n) is 6.03. The van der Waals surface area contributed by atoms with Gasteiger partial charge < -0.3 is 5.32 Å². The normalized spacial score (nSPS) is 12.4. The molecule has 0 aliphatic heterocycles. The van der Waals surface area contributed by atoms with Gasteiger partial charge in [-0.2, -0.15) is 14.7 Å². The lowest BCUT2D eigenvalue weighted by Gasteiger charge is -2.19. The third-order valence-electron chi connectivity index (χ3n) is 4.42. The number of aromatic nitrogens is 6. The summed E-state index contributed by atoms with van der Waals surface area (Å²) in [5, 5.41) is 12.3. The monoisotopic (exact) mass is 347 g/mol. The largest absolute Gasteiger partial charge is 0.360 e. The van der Waals surface area contributed by atoms with Gasteiger partial charge in [0.25, 0.3) is 0 Å². The molecular weight excluding hydrogens is 326 g/mol. The number of rotatable bonds is 6. The predicted molar refractivity (Wildman–Crippen MR) is 101 cm³/mol. The molecule has 3 heterocycles. The van der Waals surface area contributed by atoms with Crippen LogP contribution in [0.2, 0.25) is 0 Å². The Hall–Kier alpha value is -3.22. The smallest absolute Gasteiger partial charge is 0.157 e. The number of hydrogen-bond donors (Lipinski definition) is 1. The molecule has 0 bridgehead atoms. The molecule has 0 saturated carbocycles. The van der Waals surface area contributed by atoms with Crippen molar-refractivity contribution in [3.05, 3.63) is 60.8 Å². The van der Waals surface area contributed by atoms with Crippen LogP contribution in [0.15, 0.2) is 55.0 Å². The molecule has 4 rings (SSSR count). The highest BCUT2D eigenvalue weighted by molar-refractivity contribution is 5.66. The van der Waals surface area contributed by atoms with Crippen molar-refractivity contribution < 1.29 is 0 Å². The van der Waals surface area contributed by atoms with Gasteiger partial charge in [-0.15, -0.1) is 0 Å². The third kappa shape index (κ3) is 2.92. The van der Waals surface area contributed by atoms with E-state index in [0.29, 0.717) is 0 Å². The first-order chi connectivity index (χ1) is 12.8. The lowest BCUT2D eigenvalue weighted by Crippen LogP contribution is -2.18. The van der Waals surface area contributed by atoms with Crippen LogP contribution in [-0.2, 0) is 6.54 Å². The highest BCUT2D eigenvalue weighted by Gasteiger charge is 2.18. The molecule has 1 atom stereocenters. The van der Waals surface area contributed by atoms with Crippen molar-refractivity contribution in [3.8, 4) is 11.3 Å². The minimum Gasteiger partial charge on any atom is -0.360 e. The van der Waals surface area contributed by atoms with Gasteiger partial charge in [0.15, 0.2) is 5.65 Å². The molecule has 0 aliphatic rings. The molecule has 0 unspecified atom stereocenters. The molecule has 3 aromatic heterocycles. The fraction of sp³-hybridized carbons (Fsp3) is 0.263. The molecule has 0 saturated heterocycles. The van der Waals surface area contributed by atoms with Crippen LogP contribution < -0.4 is 5.32 Å². The van der Waals surface area contributed by atoms with Crippen LogP contribution in [0.4, 0.5) is 5.82 Å². The van der Waals surface area contributed by atoms with E-state index in [9.17, 15) is 0 Å². The minimum absolute atomic E-state index is 0.0378. The van der Waals surface area contributed by atoms with E-state index < -0.39 is 0 Å². The average molecular weight is 347 g/mol. The van der Waals surface area contributed by atoms with Crippen molar-refractivity contribution >= 4 is 11.5 Å². The summed E-state index contributed by atoms with van der Waals surface area (Å²) >= 11 is 0. The number of fused-ring (bicyclic) bond motifs is 1. The maximum atomic E-state index is 4.72. The quantitative estimate of drug-likeness (QED) is 0.577. The number of aryl methyl sites for hydroxylation is 1. The highest BCUT2D eigenvalue weighted by atomic mass is 15.4. The first-order valence-corrected chi connectivity index (χ1v) is 8.84. The van der Waals surface area contributed by atoms with Crippen LogP contribution in [0, 0.1) is 0 Å². The summed E-state index contributed by atoms with van der Waals surface area (Å²) in [6.07, 6.45) is 4.25. The van der Waals surface area contributed by atoms with Crippen molar-refractivity contribution in [3.63, 3.8) is 0 Å². The maximum Gasteiger partial charge on any atom is 0.157 e. The van der Waals surface area contributed by atoms with Crippen LogP contribution in [0.25, 0.3) is 16.9 Å². The Morgan fingerprint density at radius 3 is 2.69 bits per heavy atom. The first-order valence-electron chi connectivity index (χ1n) is 8.84. The summed E-state index contributed by atoms with van der Waals surface area (Å²) in [6.45, 7) is 4.98. The van der Waals surface area contributed by atoms with Gasteiger partial charge in [0, 0.05) is 24.2 Å². The van der Waals surface area contributed by atoms with Crippen LogP contribution in [0.5, 0.6) is 0 Å². The Bertz CT molecular complexity index is 1000. The molecular formula is C19H21N7. The van der Waals surface area contributed by atoms with Crippen LogP contribution >= 0.6 is 0 Å². The summed E-state index contributed by atoms with van der Waals surface area (Å²) in [7, 11) is 0. The van der Waals surface area contributed by atoms with E-state index in [0.717, 1.165) is 41.5 Å². The van der Waals surface area contributed by atoms with Crippen LogP contribution in [-0.4, -0.2) is 29.4 Å². The minimum atomic E-state index is 0.0378. The summed E-state index contributed by atoms with van der Waals surface area (Å²) in [5.74, 6) is 1.81. The van der Waals surface area contributed by atoms with E-state index in [1.807, 2.05) is 39.5 Å². The molecule has 0 spiro atoms. The van der Waals surface area contributed by atoms with Gasteiger partial charge >= 0.3 is 0 Å². The highest BCUT2D eigenvalue weighted by Crippen LogP contribution is 2.26. The van der Waals surface area contributed by atoms with E-state index in [1.165, 1.54) is 0 Å². The van der Waals surface area contributed by atoms with Gasteiger partial charge in [-0.05, 0) is 13.3 Å². The molecule has 132 valence electrons. The zero-order valence-corrected chi connectivity index (χ0v) is 14.9. The molecule has 0 amide bonds. The second-order valence-corrected chi connectivity index (χ2v) is 6.03. The van der Waals surface area contributed by atoms with Gasteiger partial charge in [-0.25, -0.2) is 14.6 Å². The van der Waals surface area contributed by atoms with Gasteiger partial charge in [0.2, 0.25) is 0 Å². The summed E-state index contributed by atoms with van der Waals surface area (Å²) in [4.78, 5) is 9.17. The number of hydrogen-bond acceptors (Lipinski definition) is 5. The standard InChI is InChI=1S/C19H21N7/c1-3-15(19-20-13-22-25(19)4-2)23-18-12-16(14-8-6-5-7-9-14)24-17-10-11-21-26(17)18/h5-13,15,23H,3-4H2,1-2H3/t15-/m0/s1. The van der Waals surface area contributed by atoms with Crippen LogP contribution in [0.1, 0.15) is 32.1 Å². The molecule has 4 aromatic rings. The number of anilines is 1.